The highest BCUT2D eigenvalue weighted by molar-refractivity contribution is 5.76. The smallest absolute Gasteiger partial charge is 0.368 e. The molecule has 0 aliphatic carbocycles. The van der Waals surface area contributed by atoms with Crippen molar-refractivity contribution in [2.45, 2.75) is 38.8 Å². The first-order valence-electron chi connectivity index (χ1n) is 9.22. The molecule has 1 N–H and O–H groups in total. The number of nitrogens with one attached hydrogen (secondary N) is 1. The quantitative estimate of drug-likeness (QED) is 0.734. The maximum Gasteiger partial charge on any atom is 0.416 e. The van der Waals surface area contributed by atoms with E-state index < -0.39 is 11.7 Å². The van der Waals surface area contributed by atoms with Crippen molar-refractivity contribution in [1.29, 1.82) is 0 Å². The maximum atomic E-state index is 12.6. The Morgan fingerprint density at radius 1 is 1.00 bits per heavy atom. The summed E-state index contributed by atoms with van der Waals surface area (Å²) in [5, 5.41) is 2.73. The van der Waals surface area contributed by atoms with Crippen LogP contribution in [0.15, 0.2) is 24.3 Å². The van der Waals surface area contributed by atoms with E-state index in [0.717, 1.165) is 37.1 Å². The molecule has 5 nitrogen and oxygen atoms in total. The van der Waals surface area contributed by atoms with Crippen LogP contribution in [0.2, 0.25) is 0 Å². The number of nitrogens with zero attached hydrogens (tertiary/aromatic N) is 2. The van der Waals surface area contributed by atoms with Crippen molar-refractivity contribution in [3.8, 4) is 0 Å². The van der Waals surface area contributed by atoms with E-state index in [0.29, 0.717) is 39.1 Å². The number of benzene rings is 1. The van der Waals surface area contributed by atoms with Crippen LogP contribution < -0.4 is 10.2 Å². The van der Waals surface area contributed by atoms with Crippen LogP contribution in [0.5, 0.6) is 0 Å². The second-order valence-electron chi connectivity index (χ2n) is 6.71. The summed E-state index contributed by atoms with van der Waals surface area (Å²) in [4.78, 5) is 26.8. The van der Waals surface area contributed by atoms with Gasteiger partial charge in [-0.3, -0.25) is 9.59 Å². The average molecular weight is 385 g/mol. The molecular weight excluding hydrogens is 359 g/mol. The average Bonchev–Trinajstić information content (AvgIpc) is 2.63. The maximum absolute atomic E-state index is 12.6. The van der Waals surface area contributed by atoms with Crippen LogP contribution in [-0.4, -0.2) is 49.4 Å². The first-order chi connectivity index (χ1) is 12.8. The molecule has 0 spiro atoms. The topological polar surface area (TPSA) is 52.7 Å². The van der Waals surface area contributed by atoms with Crippen molar-refractivity contribution >= 4 is 17.5 Å². The lowest BCUT2D eigenvalue weighted by Gasteiger charge is -2.36. The van der Waals surface area contributed by atoms with E-state index in [2.05, 4.69) is 5.32 Å². The Bertz CT molecular complexity index is 624. The third-order valence-electron chi connectivity index (χ3n) is 4.63. The Labute approximate surface area is 157 Å². The van der Waals surface area contributed by atoms with Crippen molar-refractivity contribution in [3.63, 3.8) is 0 Å². The molecule has 1 aromatic rings. The van der Waals surface area contributed by atoms with E-state index in [-0.39, 0.29) is 11.8 Å². The van der Waals surface area contributed by atoms with Gasteiger partial charge in [-0.25, -0.2) is 0 Å². The monoisotopic (exact) mass is 385 g/mol. The lowest BCUT2D eigenvalue weighted by Crippen LogP contribution is -2.48. The number of alkyl halides is 3. The summed E-state index contributed by atoms with van der Waals surface area (Å²) in [6.45, 7) is 4.49. The van der Waals surface area contributed by atoms with E-state index >= 15 is 0 Å². The van der Waals surface area contributed by atoms with Gasteiger partial charge in [-0.2, -0.15) is 13.2 Å². The van der Waals surface area contributed by atoms with E-state index in [9.17, 15) is 22.8 Å². The molecule has 0 bridgehead atoms. The minimum absolute atomic E-state index is 0.0445. The molecule has 0 radical (unpaired) electrons. The fourth-order valence-corrected chi connectivity index (χ4v) is 3.08. The molecule has 150 valence electrons. The van der Waals surface area contributed by atoms with Crippen LogP contribution in [0.25, 0.3) is 0 Å². The standard InChI is InChI=1S/C19H26F3N3O2/c1-15(26)23-10-4-2-3-5-18(27)25-13-11-24(12-14-25)17-8-6-16(7-9-17)19(20,21)22/h6-9H,2-5,10-14H2,1H3,(H,23,26). The predicted octanol–water partition coefficient (Wildman–Crippen LogP) is 3.05. The molecule has 0 unspecified atom stereocenters. The van der Waals surface area contributed by atoms with Crippen molar-refractivity contribution < 1.29 is 22.8 Å². The number of amides is 2. The third kappa shape index (κ3) is 6.77. The van der Waals surface area contributed by atoms with Crippen molar-refractivity contribution in [3.05, 3.63) is 29.8 Å². The van der Waals surface area contributed by atoms with Crippen molar-refractivity contribution in [2.24, 2.45) is 0 Å². The molecule has 2 amide bonds. The second kappa shape index (κ2) is 9.62. The molecule has 1 heterocycles. The van der Waals surface area contributed by atoms with Gasteiger partial charge in [-0.15, -0.1) is 0 Å². The Morgan fingerprint density at radius 2 is 1.63 bits per heavy atom. The highest BCUT2D eigenvalue weighted by Gasteiger charge is 2.30. The number of hydrogen-bond donors (Lipinski definition) is 1. The molecule has 0 atom stereocenters. The van der Waals surface area contributed by atoms with Gasteiger partial charge in [0.25, 0.3) is 0 Å². The van der Waals surface area contributed by atoms with Crippen LogP contribution in [-0.2, 0) is 15.8 Å². The molecule has 1 aliphatic rings. The van der Waals surface area contributed by atoms with Gasteiger partial charge >= 0.3 is 6.18 Å². The molecule has 1 aliphatic heterocycles. The SMILES string of the molecule is CC(=O)NCCCCCC(=O)N1CCN(c2ccc(C(F)(F)F)cc2)CC1. The summed E-state index contributed by atoms with van der Waals surface area (Å²) in [7, 11) is 0. The summed E-state index contributed by atoms with van der Waals surface area (Å²) in [5.41, 5.74) is 0.0895. The highest BCUT2D eigenvalue weighted by atomic mass is 19.4. The Kier molecular flexibility index (Phi) is 7.50. The Hall–Kier alpha value is -2.25. The minimum Gasteiger partial charge on any atom is -0.368 e. The van der Waals surface area contributed by atoms with Gasteiger partial charge in [0.1, 0.15) is 0 Å². The van der Waals surface area contributed by atoms with E-state index in [1.165, 1.54) is 19.1 Å². The fourth-order valence-electron chi connectivity index (χ4n) is 3.08. The number of carbonyl (C=O) groups excluding carboxylic acids is 2. The number of rotatable bonds is 7. The molecule has 0 saturated carbocycles. The number of unbranched alkanes of at least 4 members (excludes halogenated alkanes) is 2. The van der Waals surface area contributed by atoms with Crippen LogP contribution in [0.1, 0.15) is 38.2 Å². The van der Waals surface area contributed by atoms with E-state index in [4.69, 9.17) is 0 Å². The number of hydrogen-bond acceptors (Lipinski definition) is 3. The van der Waals surface area contributed by atoms with Crippen molar-refractivity contribution in [1.82, 2.24) is 10.2 Å². The van der Waals surface area contributed by atoms with Crippen molar-refractivity contribution in [2.75, 3.05) is 37.6 Å². The Balaban J connectivity index is 1.70. The normalized spacial score (nSPS) is 15.0. The zero-order valence-electron chi connectivity index (χ0n) is 15.5. The number of carbonyl (C=O) groups is 2. The van der Waals surface area contributed by atoms with Crippen LogP contribution in [0.4, 0.5) is 18.9 Å². The predicted molar refractivity (Wildman–Crippen MR) is 97.4 cm³/mol. The molecule has 0 aromatic heterocycles. The van der Waals surface area contributed by atoms with Gasteiger partial charge in [0, 0.05) is 51.8 Å². The molecule has 1 saturated heterocycles. The number of anilines is 1. The summed E-state index contributed by atoms with van der Waals surface area (Å²) in [6.07, 6.45) is -1.31. The Morgan fingerprint density at radius 3 is 2.19 bits per heavy atom. The molecular formula is C19H26F3N3O2. The summed E-state index contributed by atoms with van der Waals surface area (Å²) >= 11 is 0. The van der Waals surface area contributed by atoms with Gasteiger partial charge in [-0.05, 0) is 37.1 Å². The lowest BCUT2D eigenvalue weighted by atomic mass is 10.1. The third-order valence-corrected chi connectivity index (χ3v) is 4.63. The fraction of sp³-hybridized carbons (Fsp3) is 0.579. The zero-order valence-corrected chi connectivity index (χ0v) is 15.5. The largest absolute Gasteiger partial charge is 0.416 e. The molecule has 1 aromatic carbocycles. The van der Waals surface area contributed by atoms with E-state index in [1.807, 2.05) is 9.80 Å². The van der Waals surface area contributed by atoms with Crippen LogP contribution in [0.3, 0.4) is 0 Å². The summed E-state index contributed by atoms with van der Waals surface area (Å²) < 4.78 is 37.9. The summed E-state index contributed by atoms with van der Waals surface area (Å²) in [6, 6.07) is 5.15. The van der Waals surface area contributed by atoms with Gasteiger partial charge in [0.05, 0.1) is 5.56 Å². The minimum atomic E-state index is -4.33. The van der Waals surface area contributed by atoms with Gasteiger partial charge in [0.15, 0.2) is 0 Å². The first kappa shape index (κ1) is 21.1. The van der Waals surface area contributed by atoms with Gasteiger partial charge < -0.3 is 15.1 Å². The number of piperazine rings is 1. The zero-order chi connectivity index (χ0) is 19.9. The van der Waals surface area contributed by atoms with E-state index in [1.54, 1.807) is 0 Å². The molecule has 2 rings (SSSR count). The molecule has 8 heteroatoms. The first-order valence-corrected chi connectivity index (χ1v) is 9.22. The highest BCUT2D eigenvalue weighted by Crippen LogP contribution is 2.30. The van der Waals surface area contributed by atoms with Crippen LogP contribution >= 0.6 is 0 Å². The molecule has 27 heavy (non-hydrogen) atoms. The summed E-state index contributed by atoms with van der Waals surface area (Å²) in [5.74, 6) is 0.0681. The van der Waals surface area contributed by atoms with Crippen LogP contribution in [0, 0.1) is 0 Å². The lowest BCUT2D eigenvalue weighted by molar-refractivity contribution is -0.137. The van der Waals surface area contributed by atoms with Gasteiger partial charge in [0.2, 0.25) is 11.8 Å². The number of halogens is 3. The molecule has 1 fully saturated rings. The van der Waals surface area contributed by atoms with Gasteiger partial charge in [-0.1, -0.05) is 6.42 Å². The second-order valence-corrected chi connectivity index (χ2v) is 6.71.